The quantitative estimate of drug-likeness (QED) is 0.560. The number of hydrogen-bond donors (Lipinski definition) is 1. The fourth-order valence-electron chi connectivity index (χ4n) is 2.94. The monoisotopic (exact) mass is 403 g/mol. The summed E-state index contributed by atoms with van der Waals surface area (Å²) in [5, 5.41) is 2.84. The standard InChI is InChI=1S/C25H25NO4/c1-17-8-7-9-18(2)23(17)26-24(27)19(3)30-25(28)21-14-12-20(13-15-21)16-29-22-10-5-4-6-11-22/h4-15,19H,16H2,1-3H3,(H,26,27)/t19-/m1/s1. The summed E-state index contributed by atoms with van der Waals surface area (Å²) in [6.45, 7) is 5.79. The number of para-hydroxylation sites is 2. The van der Waals surface area contributed by atoms with E-state index in [1.165, 1.54) is 0 Å². The van der Waals surface area contributed by atoms with Crippen LogP contribution in [0.1, 0.15) is 34.0 Å². The molecule has 0 aliphatic rings. The molecule has 0 aromatic heterocycles. The number of carbonyl (C=O) groups excluding carboxylic acids is 2. The summed E-state index contributed by atoms with van der Waals surface area (Å²) >= 11 is 0. The molecule has 0 spiro atoms. The largest absolute Gasteiger partial charge is 0.489 e. The molecule has 1 amide bonds. The first kappa shape index (κ1) is 21.1. The van der Waals surface area contributed by atoms with E-state index < -0.39 is 12.1 Å². The molecular formula is C25H25NO4. The Morgan fingerprint density at radius 2 is 1.50 bits per heavy atom. The van der Waals surface area contributed by atoms with E-state index in [2.05, 4.69) is 5.32 Å². The first-order valence-corrected chi connectivity index (χ1v) is 9.79. The van der Waals surface area contributed by atoms with Crippen molar-refractivity contribution in [2.24, 2.45) is 0 Å². The lowest BCUT2D eigenvalue weighted by atomic mass is 10.1. The molecule has 1 N–H and O–H groups in total. The van der Waals surface area contributed by atoms with Gasteiger partial charge in [0.1, 0.15) is 12.4 Å². The van der Waals surface area contributed by atoms with Crippen LogP contribution in [0.25, 0.3) is 0 Å². The smallest absolute Gasteiger partial charge is 0.338 e. The maximum atomic E-state index is 12.5. The van der Waals surface area contributed by atoms with Gasteiger partial charge in [-0.1, -0.05) is 48.5 Å². The fraction of sp³-hybridized carbons (Fsp3) is 0.200. The second kappa shape index (κ2) is 9.74. The number of nitrogens with one attached hydrogen (secondary N) is 1. The first-order chi connectivity index (χ1) is 14.4. The molecule has 0 bridgehead atoms. The topological polar surface area (TPSA) is 64.6 Å². The summed E-state index contributed by atoms with van der Waals surface area (Å²) in [5.41, 5.74) is 3.96. The van der Waals surface area contributed by atoms with E-state index in [9.17, 15) is 9.59 Å². The van der Waals surface area contributed by atoms with Crippen LogP contribution in [-0.4, -0.2) is 18.0 Å². The van der Waals surface area contributed by atoms with Gasteiger partial charge in [-0.3, -0.25) is 4.79 Å². The van der Waals surface area contributed by atoms with E-state index in [1.54, 1.807) is 31.2 Å². The van der Waals surface area contributed by atoms with Gasteiger partial charge in [0.05, 0.1) is 5.56 Å². The number of aryl methyl sites for hydroxylation is 2. The Balaban J connectivity index is 1.55. The number of hydrogen-bond acceptors (Lipinski definition) is 4. The van der Waals surface area contributed by atoms with Crippen molar-refractivity contribution in [1.29, 1.82) is 0 Å². The zero-order chi connectivity index (χ0) is 21.5. The van der Waals surface area contributed by atoms with Gasteiger partial charge in [0.15, 0.2) is 6.10 Å². The van der Waals surface area contributed by atoms with Crippen LogP contribution in [0.3, 0.4) is 0 Å². The SMILES string of the molecule is Cc1cccc(C)c1NC(=O)[C@@H](C)OC(=O)c1ccc(COc2ccccc2)cc1. The number of anilines is 1. The first-order valence-electron chi connectivity index (χ1n) is 9.79. The second-order valence-electron chi connectivity index (χ2n) is 7.10. The fourth-order valence-corrected chi connectivity index (χ4v) is 2.94. The third kappa shape index (κ3) is 5.47. The highest BCUT2D eigenvalue weighted by molar-refractivity contribution is 5.98. The van der Waals surface area contributed by atoms with Crippen LogP contribution in [0, 0.1) is 13.8 Å². The van der Waals surface area contributed by atoms with Crippen LogP contribution in [0.2, 0.25) is 0 Å². The van der Waals surface area contributed by atoms with Gasteiger partial charge in [-0.25, -0.2) is 4.79 Å². The molecule has 0 aliphatic carbocycles. The molecule has 0 fully saturated rings. The molecule has 5 nitrogen and oxygen atoms in total. The van der Waals surface area contributed by atoms with Gasteiger partial charge in [-0.15, -0.1) is 0 Å². The zero-order valence-electron chi connectivity index (χ0n) is 17.3. The lowest BCUT2D eigenvalue weighted by Gasteiger charge is -2.16. The highest BCUT2D eigenvalue weighted by Gasteiger charge is 2.20. The lowest BCUT2D eigenvalue weighted by Crippen LogP contribution is -2.30. The van der Waals surface area contributed by atoms with Gasteiger partial charge in [0.2, 0.25) is 0 Å². The van der Waals surface area contributed by atoms with E-state index in [1.807, 2.05) is 62.4 Å². The zero-order valence-corrected chi connectivity index (χ0v) is 17.3. The van der Waals surface area contributed by atoms with Gasteiger partial charge >= 0.3 is 5.97 Å². The van der Waals surface area contributed by atoms with E-state index in [0.29, 0.717) is 12.2 Å². The van der Waals surface area contributed by atoms with Crippen LogP contribution in [0.5, 0.6) is 5.75 Å². The average molecular weight is 403 g/mol. The Morgan fingerprint density at radius 1 is 0.867 bits per heavy atom. The Bertz CT molecular complexity index is 993. The van der Waals surface area contributed by atoms with Gasteiger partial charge in [0, 0.05) is 5.69 Å². The average Bonchev–Trinajstić information content (AvgIpc) is 2.75. The Morgan fingerprint density at radius 3 is 2.13 bits per heavy atom. The number of esters is 1. The maximum Gasteiger partial charge on any atom is 0.338 e. The summed E-state index contributed by atoms with van der Waals surface area (Å²) in [5.74, 6) is -0.131. The molecule has 1 atom stereocenters. The molecule has 0 heterocycles. The molecule has 5 heteroatoms. The third-order valence-corrected chi connectivity index (χ3v) is 4.72. The molecular weight excluding hydrogens is 378 g/mol. The molecule has 3 aromatic rings. The van der Waals surface area contributed by atoms with Crippen molar-refractivity contribution in [3.8, 4) is 5.75 Å². The van der Waals surface area contributed by atoms with Crippen molar-refractivity contribution in [3.63, 3.8) is 0 Å². The Kier molecular flexibility index (Phi) is 6.86. The van der Waals surface area contributed by atoms with Crippen LogP contribution in [-0.2, 0) is 16.1 Å². The molecule has 30 heavy (non-hydrogen) atoms. The van der Waals surface area contributed by atoms with Crippen LogP contribution >= 0.6 is 0 Å². The number of ether oxygens (including phenoxy) is 2. The molecule has 154 valence electrons. The Labute approximate surface area is 176 Å². The number of carbonyl (C=O) groups is 2. The molecule has 0 unspecified atom stereocenters. The van der Waals surface area contributed by atoms with Gasteiger partial charge in [-0.2, -0.15) is 0 Å². The Hall–Kier alpha value is -3.60. The van der Waals surface area contributed by atoms with Gasteiger partial charge in [0.25, 0.3) is 5.91 Å². The summed E-state index contributed by atoms with van der Waals surface area (Å²) in [4.78, 5) is 24.9. The molecule has 0 saturated heterocycles. The minimum Gasteiger partial charge on any atom is -0.489 e. The van der Waals surface area contributed by atoms with Crippen molar-refractivity contribution in [3.05, 3.63) is 95.1 Å². The van der Waals surface area contributed by atoms with Crippen LogP contribution in [0.4, 0.5) is 5.69 Å². The van der Waals surface area contributed by atoms with E-state index in [0.717, 1.165) is 28.1 Å². The number of amides is 1. The van der Waals surface area contributed by atoms with Crippen molar-refractivity contribution in [2.75, 3.05) is 5.32 Å². The van der Waals surface area contributed by atoms with E-state index in [4.69, 9.17) is 9.47 Å². The van der Waals surface area contributed by atoms with Crippen molar-refractivity contribution in [2.45, 2.75) is 33.5 Å². The van der Waals surface area contributed by atoms with E-state index >= 15 is 0 Å². The van der Waals surface area contributed by atoms with Crippen molar-refractivity contribution < 1.29 is 19.1 Å². The number of rotatable bonds is 7. The highest BCUT2D eigenvalue weighted by Crippen LogP contribution is 2.20. The molecule has 0 saturated carbocycles. The third-order valence-electron chi connectivity index (χ3n) is 4.72. The molecule has 3 aromatic carbocycles. The maximum absolute atomic E-state index is 12.5. The summed E-state index contributed by atoms with van der Waals surface area (Å²) in [6, 6.07) is 22.2. The molecule has 0 radical (unpaired) electrons. The minimum absolute atomic E-state index is 0.367. The summed E-state index contributed by atoms with van der Waals surface area (Å²) < 4.78 is 11.0. The predicted octanol–water partition coefficient (Wildman–Crippen LogP) is 5.07. The van der Waals surface area contributed by atoms with Crippen LogP contribution < -0.4 is 10.1 Å². The minimum atomic E-state index is -0.919. The van der Waals surface area contributed by atoms with Crippen molar-refractivity contribution >= 4 is 17.6 Å². The van der Waals surface area contributed by atoms with Crippen LogP contribution in [0.15, 0.2) is 72.8 Å². The van der Waals surface area contributed by atoms with Gasteiger partial charge in [-0.05, 0) is 61.7 Å². The number of benzene rings is 3. The van der Waals surface area contributed by atoms with E-state index in [-0.39, 0.29) is 5.91 Å². The summed E-state index contributed by atoms with van der Waals surface area (Å²) in [7, 11) is 0. The highest BCUT2D eigenvalue weighted by atomic mass is 16.5. The lowest BCUT2D eigenvalue weighted by molar-refractivity contribution is -0.123. The van der Waals surface area contributed by atoms with Crippen molar-refractivity contribution in [1.82, 2.24) is 0 Å². The van der Waals surface area contributed by atoms with Gasteiger partial charge < -0.3 is 14.8 Å². The predicted molar refractivity (Wildman–Crippen MR) is 117 cm³/mol. The normalized spacial score (nSPS) is 11.4. The second-order valence-corrected chi connectivity index (χ2v) is 7.10. The molecule has 0 aliphatic heterocycles. The molecule has 3 rings (SSSR count). The summed E-state index contributed by atoms with van der Waals surface area (Å²) in [6.07, 6.45) is -0.919.